The third-order valence-electron chi connectivity index (χ3n) is 6.61. The molecule has 0 saturated heterocycles. The van der Waals surface area contributed by atoms with Crippen LogP contribution in [0.2, 0.25) is 0 Å². The molecule has 0 saturated carbocycles. The fourth-order valence-electron chi connectivity index (χ4n) is 5.00. The number of carbonyl (C=O) groups excluding carboxylic acids is 1. The molecule has 7 heteroatoms. The van der Waals surface area contributed by atoms with Crippen molar-refractivity contribution in [3.8, 4) is 11.4 Å². The van der Waals surface area contributed by atoms with Crippen molar-refractivity contribution in [2.75, 3.05) is 23.3 Å². The smallest absolute Gasteiger partial charge is 0.226 e. The number of pyridine rings is 1. The first-order valence-corrected chi connectivity index (χ1v) is 11.7. The Labute approximate surface area is 194 Å². The molecule has 1 N–H and O–H groups in total. The highest BCUT2D eigenvalue weighted by atomic mass is 16.1. The van der Waals surface area contributed by atoms with Gasteiger partial charge in [-0.1, -0.05) is 13.8 Å². The quantitative estimate of drug-likeness (QED) is 0.609. The van der Waals surface area contributed by atoms with E-state index in [1.54, 1.807) is 12.4 Å². The molecule has 1 aromatic carbocycles. The third-order valence-corrected chi connectivity index (χ3v) is 6.61. The number of allylic oxidation sites excluding steroid dienone is 2. The van der Waals surface area contributed by atoms with Gasteiger partial charge >= 0.3 is 0 Å². The van der Waals surface area contributed by atoms with Gasteiger partial charge in [-0.3, -0.25) is 9.78 Å². The lowest BCUT2D eigenvalue weighted by Crippen LogP contribution is -2.36. The van der Waals surface area contributed by atoms with Crippen LogP contribution in [0.5, 0.6) is 0 Å². The second-order valence-corrected chi connectivity index (χ2v) is 9.56. The molecule has 0 amide bonds. The van der Waals surface area contributed by atoms with Crippen molar-refractivity contribution >= 4 is 17.4 Å². The molecule has 1 aliphatic carbocycles. The number of hydrogen-bond acceptors (Lipinski definition) is 6. The van der Waals surface area contributed by atoms with Gasteiger partial charge in [-0.05, 0) is 67.6 Å². The van der Waals surface area contributed by atoms with E-state index in [0.717, 1.165) is 41.9 Å². The van der Waals surface area contributed by atoms with Crippen LogP contribution in [-0.2, 0) is 4.79 Å². The number of carbonyl (C=O) groups is 1. The lowest BCUT2D eigenvalue weighted by molar-refractivity contribution is -0.118. The molecule has 0 bridgehead atoms. The molecular formula is C26H30N6O. The summed E-state index contributed by atoms with van der Waals surface area (Å²) in [7, 11) is 0. The average molecular weight is 443 g/mol. The molecule has 0 radical (unpaired) electrons. The first-order valence-electron chi connectivity index (χ1n) is 11.7. The van der Waals surface area contributed by atoms with E-state index < -0.39 is 0 Å². The van der Waals surface area contributed by atoms with Crippen LogP contribution in [0.25, 0.3) is 11.4 Å². The maximum Gasteiger partial charge on any atom is 0.226 e. The first-order chi connectivity index (χ1) is 15.9. The highest BCUT2D eigenvalue weighted by Gasteiger charge is 2.41. The highest BCUT2D eigenvalue weighted by molar-refractivity contribution is 6.00. The van der Waals surface area contributed by atoms with Gasteiger partial charge in [-0.15, -0.1) is 5.10 Å². The Morgan fingerprint density at radius 3 is 2.42 bits per heavy atom. The van der Waals surface area contributed by atoms with Crippen LogP contribution in [0.15, 0.2) is 60.1 Å². The summed E-state index contributed by atoms with van der Waals surface area (Å²) in [4.78, 5) is 24.6. The number of nitrogens with one attached hydrogen (secondary N) is 1. The Hall–Kier alpha value is -3.48. The minimum atomic E-state index is -0.306. The van der Waals surface area contributed by atoms with Crippen molar-refractivity contribution in [2.24, 2.45) is 5.41 Å². The number of ketones is 1. The highest BCUT2D eigenvalue weighted by Crippen LogP contribution is 2.45. The molecule has 3 aromatic rings. The van der Waals surface area contributed by atoms with Crippen LogP contribution in [0.3, 0.4) is 0 Å². The van der Waals surface area contributed by atoms with Crippen LogP contribution in [-0.4, -0.2) is 38.6 Å². The number of rotatable bonds is 5. The second-order valence-electron chi connectivity index (χ2n) is 9.56. The lowest BCUT2D eigenvalue weighted by atomic mass is 9.73. The van der Waals surface area contributed by atoms with Gasteiger partial charge in [0.1, 0.15) is 6.04 Å². The number of benzene rings is 1. The molecule has 0 fully saturated rings. The topological polar surface area (TPSA) is 75.9 Å². The van der Waals surface area contributed by atoms with Crippen LogP contribution in [0, 0.1) is 5.41 Å². The molecule has 2 aromatic heterocycles. The Morgan fingerprint density at radius 1 is 1.06 bits per heavy atom. The van der Waals surface area contributed by atoms with Crippen LogP contribution in [0.1, 0.15) is 52.1 Å². The number of Topliss-reactive ketones (excluding diaryl/α,β-unsaturated/α-hetero) is 1. The van der Waals surface area contributed by atoms with E-state index in [-0.39, 0.29) is 17.2 Å². The SMILES string of the molecule is CCN(CC)c1ccc(-c2nc3n(n2)C(c2ccncc2)C2=C(CC(C)(C)CC2=O)N3)cc1. The largest absolute Gasteiger partial charge is 0.372 e. The predicted molar refractivity (Wildman–Crippen MR) is 130 cm³/mol. The predicted octanol–water partition coefficient (Wildman–Crippen LogP) is 4.84. The second kappa shape index (κ2) is 8.14. The third kappa shape index (κ3) is 3.81. The summed E-state index contributed by atoms with van der Waals surface area (Å²) in [5.74, 6) is 1.49. The fourth-order valence-corrected chi connectivity index (χ4v) is 5.00. The maximum atomic E-state index is 13.3. The monoisotopic (exact) mass is 442 g/mol. The molecule has 1 unspecified atom stereocenters. The number of aromatic nitrogens is 4. The fraction of sp³-hybridized carbons (Fsp3) is 0.385. The van der Waals surface area contributed by atoms with Gasteiger partial charge in [0.05, 0.1) is 0 Å². The van der Waals surface area contributed by atoms with Crippen molar-refractivity contribution in [1.82, 2.24) is 19.7 Å². The van der Waals surface area contributed by atoms with Crippen molar-refractivity contribution in [1.29, 1.82) is 0 Å². The Kier molecular flexibility index (Phi) is 5.27. The van der Waals surface area contributed by atoms with E-state index in [1.807, 2.05) is 16.8 Å². The summed E-state index contributed by atoms with van der Waals surface area (Å²) in [5, 5.41) is 8.33. The van der Waals surface area contributed by atoms with Gasteiger partial charge in [0.25, 0.3) is 0 Å². The summed E-state index contributed by atoms with van der Waals surface area (Å²) >= 11 is 0. The van der Waals surface area contributed by atoms with E-state index in [2.05, 4.69) is 67.2 Å². The Balaban J connectivity index is 1.58. The molecule has 1 atom stereocenters. The summed E-state index contributed by atoms with van der Waals surface area (Å²) in [6.45, 7) is 10.5. The van der Waals surface area contributed by atoms with Gasteiger partial charge in [-0.25, -0.2) is 4.68 Å². The molecule has 2 aliphatic rings. The molecular weight excluding hydrogens is 412 g/mol. The van der Waals surface area contributed by atoms with Crippen molar-refractivity contribution in [3.05, 3.63) is 65.6 Å². The number of nitrogens with zero attached hydrogens (tertiary/aromatic N) is 5. The van der Waals surface area contributed by atoms with Crippen LogP contribution < -0.4 is 10.2 Å². The van der Waals surface area contributed by atoms with Gasteiger partial charge in [0.2, 0.25) is 5.95 Å². The van der Waals surface area contributed by atoms with E-state index in [0.29, 0.717) is 18.2 Å². The van der Waals surface area contributed by atoms with Crippen molar-refractivity contribution in [2.45, 2.75) is 46.6 Å². The molecule has 7 nitrogen and oxygen atoms in total. The minimum Gasteiger partial charge on any atom is -0.372 e. The molecule has 170 valence electrons. The van der Waals surface area contributed by atoms with Crippen molar-refractivity contribution in [3.63, 3.8) is 0 Å². The van der Waals surface area contributed by atoms with E-state index in [1.165, 1.54) is 5.69 Å². The number of fused-ring (bicyclic) bond motifs is 1. The summed E-state index contributed by atoms with van der Waals surface area (Å²) < 4.78 is 1.86. The number of hydrogen-bond donors (Lipinski definition) is 1. The van der Waals surface area contributed by atoms with E-state index >= 15 is 0 Å². The normalized spacial score (nSPS) is 19.0. The maximum absolute atomic E-state index is 13.3. The Bertz CT molecular complexity index is 1210. The Morgan fingerprint density at radius 2 is 1.76 bits per heavy atom. The average Bonchev–Trinajstić information content (AvgIpc) is 3.22. The van der Waals surface area contributed by atoms with Crippen molar-refractivity contribution < 1.29 is 4.79 Å². The van der Waals surface area contributed by atoms with Gasteiger partial charge in [0, 0.05) is 54.4 Å². The van der Waals surface area contributed by atoms with E-state index in [4.69, 9.17) is 10.1 Å². The van der Waals surface area contributed by atoms with Gasteiger partial charge in [0.15, 0.2) is 11.6 Å². The summed E-state index contributed by atoms with van der Waals surface area (Å²) in [6, 6.07) is 12.0. The zero-order chi connectivity index (χ0) is 23.2. The van der Waals surface area contributed by atoms with Crippen LogP contribution >= 0.6 is 0 Å². The standard InChI is InChI=1S/C26H30N6O/c1-5-31(6-2)19-9-7-18(8-10-19)24-29-25-28-20-15-26(3,4)16-21(33)22(20)23(32(25)30-24)17-11-13-27-14-12-17/h7-14,23H,5-6,15-16H2,1-4H3,(H,28,29,30). The molecule has 0 spiro atoms. The zero-order valence-electron chi connectivity index (χ0n) is 19.7. The first kappa shape index (κ1) is 21.4. The summed E-state index contributed by atoms with van der Waals surface area (Å²) in [5.41, 5.74) is 4.79. The van der Waals surface area contributed by atoms with Gasteiger partial charge < -0.3 is 10.2 Å². The zero-order valence-corrected chi connectivity index (χ0v) is 19.7. The molecule has 1 aliphatic heterocycles. The van der Waals surface area contributed by atoms with Gasteiger partial charge in [-0.2, -0.15) is 4.98 Å². The number of anilines is 2. The lowest BCUT2D eigenvalue weighted by Gasteiger charge is -2.38. The van der Waals surface area contributed by atoms with E-state index in [9.17, 15) is 4.79 Å². The molecule has 33 heavy (non-hydrogen) atoms. The van der Waals surface area contributed by atoms with Crippen LogP contribution in [0.4, 0.5) is 11.6 Å². The minimum absolute atomic E-state index is 0.0863. The molecule has 5 rings (SSSR count). The summed E-state index contributed by atoms with van der Waals surface area (Å²) in [6.07, 6.45) is 4.85. The molecule has 3 heterocycles.